The zero-order chi connectivity index (χ0) is 20.3. The molecular formula is C21H18ClNO5. The molecule has 1 aliphatic rings. The zero-order valence-corrected chi connectivity index (χ0v) is 15.6. The lowest BCUT2D eigenvalue weighted by Gasteiger charge is -2.26. The highest BCUT2D eigenvalue weighted by Crippen LogP contribution is 2.39. The van der Waals surface area contributed by atoms with E-state index in [1.807, 2.05) is 0 Å². The Morgan fingerprint density at radius 3 is 2.29 bits per heavy atom. The minimum Gasteiger partial charge on any atom is -0.503 e. The third-order valence-corrected chi connectivity index (χ3v) is 4.81. The topological polar surface area (TPSA) is 94.9 Å². The molecule has 1 heterocycles. The van der Waals surface area contributed by atoms with E-state index >= 15 is 0 Å². The van der Waals surface area contributed by atoms with Gasteiger partial charge < -0.3 is 15.1 Å². The van der Waals surface area contributed by atoms with E-state index in [4.69, 9.17) is 16.7 Å². The van der Waals surface area contributed by atoms with Crippen molar-refractivity contribution in [2.75, 3.05) is 6.54 Å². The van der Waals surface area contributed by atoms with Crippen molar-refractivity contribution >= 4 is 29.3 Å². The summed E-state index contributed by atoms with van der Waals surface area (Å²) in [5.41, 5.74) is 0.938. The summed E-state index contributed by atoms with van der Waals surface area (Å²) in [5, 5.41) is 19.8. The maximum atomic E-state index is 13.1. The molecule has 1 amide bonds. The predicted molar refractivity (Wildman–Crippen MR) is 103 cm³/mol. The second kappa shape index (κ2) is 8.27. The number of carbonyl (C=O) groups is 3. The number of carbonyl (C=O) groups excluding carboxylic acids is 2. The van der Waals surface area contributed by atoms with Gasteiger partial charge in [0.2, 0.25) is 0 Å². The van der Waals surface area contributed by atoms with Crippen molar-refractivity contribution in [1.29, 1.82) is 0 Å². The van der Waals surface area contributed by atoms with Gasteiger partial charge in [-0.2, -0.15) is 0 Å². The molecule has 0 spiro atoms. The highest BCUT2D eigenvalue weighted by molar-refractivity contribution is 6.30. The number of halogens is 1. The van der Waals surface area contributed by atoms with Crippen LogP contribution >= 0.6 is 11.6 Å². The monoisotopic (exact) mass is 399 g/mol. The van der Waals surface area contributed by atoms with Crippen molar-refractivity contribution in [3.8, 4) is 0 Å². The molecule has 0 saturated carbocycles. The van der Waals surface area contributed by atoms with Gasteiger partial charge in [-0.15, -0.1) is 0 Å². The standard InChI is InChI=1S/C21H18ClNO5/c22-15-10-8-14(9-11-15)19(26)17-18(13-5-2-1-3-6-13)23(21(28)20(17)27)12-4-7-16(24)25/h1-3,5-6,8-11,18,27H,4,7,12H2,(H,24,25). The number of aliphatic hydroxyl groups is 1. The van der Waals surface area contributed by atoms with E-state index in [0.29, 0.717) is 16.1 Å². The van der Waals surface area contributed by atoms with E-state index in [1.54, 1.807) is 42.5 Å². The van der Waals surface area contributed by atoms with Crippen LogP contribution in [0.25, 0.3) is 0 Å². The molecule has 7 heteroatoms. The van der Waals surface area contributed by atoms with E-state index < -0.39 is 29.5 Å². The van der Waals surface area contributed by atoms with Gasteiger partial charge in [0.05, 0.1) is 11.6 Å². The van der Waals surface area contributed by atoms with Crippen LogP contribution in [0.5, 0.6) is 0 Å². The van der Waals surface area contributed by atoms with Gasteiger partial charge in [0.1, 0.15) is 0 Å². The predicted octanol–water partition coefficient (Wildman–Crippen LogP) is 3.78. The fourth-order valence-electron chi connectivity index (χ4n) is 3.26. The molecule has 6 nitrogen and oxygen atoms in total. The Labute approximate surface area is 166 Å². The Balaban J connectivity index is 2.00. The molecule has 1 atom stereocenters. The van der Waals surface area contributed by atoms with E-state index in [2.05, 4.69) is 0 Å². The lowest BCUT2D eigenvalue weighted by atomic mass is 9.93. The normalized spacial score (nSPS) is 16.5. The van der Waals surface area contributed by atoms with Gasteiger partial charge in [-0.1, -0.05) is 41.9 Å². The number of carboxylic acids is 1. The van der Waals surface area contributed by atoms with Crippen molar-refractivity contribution in [2.45, 2.75) is 18.9 Å². The molecule has 0 saturated heterocycles. The molecule has 1 aliphatic heterocycles. The van der Waals surface area contributed by atoms with Crippen LogP contribution in [-0.2, 0) is 9.59 Å². The number of hydrogen-bond donors (Lipinski definition) is 2. The number of rotatable bonds is 7. The number of benzene rings is 2. The first kappa shape index (κ1) is 19.6. The van der Waals surface area contributed by atoms with Crippen molar-refractivity contribution in [2.24, 2.45) is 0 Å². The molecule has 1 unspecified atom stereocenters. The summed E-state index contributed by atoms with van der Waals surface area (Å²) in [6, 6.07) is 14.3. The van der Waals surface area contributed by atoms with E-state index in [-0.39, 0.29) is 25.0 Å². The van der Waals surface area contributed by atoms with Gasteiger partial charge in [0.25, 0.3) is 5.91 Å². The third-order valence-electron chi connectivity index (χ3n) is 4.56. The fraction of sp³-hybridized carbons (Fsp3) is 0.190. The van der Waals surface area contributed by atoms with Gasteiger partial charge in [-0.3, -0.25) is 14.4 Å². The number of aliphatic carboxylic acids is 1. The van der Waals surface area contributed by atoms with Crippen LogP contribution in [0.2, 0.25) is 5.02 Å². The fourth-order valence-corrected chi connectivity index (χ4v) is 3.38. The summed E-state index contributed by atoms with van der Waals surface area (Å²) in [6.07, 6.45) is 0.0899. The molecule has 0 fully saturated rings. The lowest BCUT2D eigenvalue weighted by Crippen LogP contribution is -2.32. The summed E-state index contributed by atoms with van der Waals surface area (Å²) in [4.78, 5) is 37.9. The summed E-state index contributed by atoms with van der Waals surface area (Å²) >= 11 is 5.88. The zero-order valence-electron chi connectivity index (χ0n) is 14.8. The van der Waals surface area contributed by atoms with E-state index in [1.165, 1.54) is 17.0 Å². The average molecular weight is 400 g/mol. The van der Waals surface area contributed by atoms with Crippen LogP contribution in [0.15, 0.2) is 65.9 Å². The smallest absolute Gasteiger partial charge is 0.303 e. The average Bonchev–Trinajstić information content (AvgIpc) is 2.93. The van der Waals surface area contributed by atoms with Crippen molar-refractivity contribution in [1.82, 2.24) is 4.90 Å². The summed E-state index contributed by atoms with van der Waals surface area (Å²) in [6.45, 7) is 0.103. The van der Waals surface area contributed by atoms with Gasteiger partial charge in [-0.25, -0.2) is 0 Å². The van der Waals surface area contributed by atoms with Crippen LogP contribution in [0.4, 0.5) is 0 Å². The molecule has 28 heavy (non-hydrogen) atoms. The third kappa shape index (κ3) is 3.92. The molecular weight excluding hydrogens is 382 g/mol. The molecule has 2 aromatic carbocycles. The summed E-state index contributed by atoms with van der Waals surface area (Å²) in [5.74, 6) is -2.74. The number of ketones is 1. The Kier molecular flexibility index (Phi) is 5.80. The summed E-state index contributed by atoms with van der Waals surface area (Å²) in [7, 11) is 0. The van der Waals surface area contributed by atoms with Crippen LogP contribution < -0.4 is 0 Å². The molecule has 144 valence electrons. The molecule has 2 aromatic rings. The molecule has 3 rings (SSSR count). The maximum Gasteiger partial charge on any atom is 0.303 e. The van der Waals surface area contributed by atoms with Crippen molar-refractivity contribution < 1.29 is 24.6 Å². The first-order valence-electron chi connectivity index (χ1n) is 8.71. The van der Waals surface area contributed by atoms with Crippen LogP contribution in [0.1, 0.15) is 34.8 Å². The van der Waals surface area contributed by atoms with Gasteiger partial charge >= 0.3 is 5.97 Å². The molecule has 0 bridgehead atoms. The number of amides is 1. The number of carboxylic acid groups (broad SMARTS) is 1. The van der Waals surface area contributed by atoms with Crippen LogP contribution in [0, 0.1) is 0 Å². The van der Waals surface area contributed by atoms with Gasteiger partial charge in [-0.05, 0) is 36.2 Å². The highest BCUT2D eigenvalue weighted by atomic mass is 35.5. The molecule has 2 N–H and O–H groups in total. The summed E-state index contributed by atoms with van der Waals surface area (Å²) < 4.78 is 0. The number of Topliss-reactive ketones (excluding diaryl/α,β-unsaturated/α-hetero) is 1. The quantitative estimate of drug-likeness (QED) is 0.691. The number of aliphatic hydroxyl groups excluding tert-OH is 1. The number of hydrogen-bond acceptors (Lipinski definition) is 4. The van der Waals surface area contributed by atoms with Crippen LogP contribution in [-0.4, -0.2) is 39.3 Å². The second-order valence-corrected chi connectivity index (χ2v) is 6.84. The molecule has 0 radical (unpaired) electrons. The van der Waals surface area contributed by atoms with Gasteiger partial charge in [0, 0.05) is 23.6 Å². The lowest BCUT2D eigenvalue weighted by molar-refractivity contribution is -0.138. The van der Waals surface area contributed by atoms with E-state index in [0.717, 1.165) is 0 Å². The van der Waals surface area contributed by atoms with Crippen LogP contribution in [0.3, 0.4) is 0 Å². The molecule has 0 aromatic heterocycles. The SMILES string of the molecule is O=C(O)CCCN1C(=O)C(O)=C(C(=O)c2ccc(Cl)cc2)C1c1ccccc1. The Morgan fingerprint density at radius 2 is 1.68 bits per heavy atom. The van der Waals surface area contributed by atoms with Crippen molar-refractivity contribution in [3.63, 3.8) is 0 Å². The first-order valence-corrected chi connectivity index (χ1v) is 9.09. The Morgan fingerprint density at radius 1 is 1.04 bits per heavy atom. The highest BCUT2D eigenvalue weighted by Gasteiger charge is 2.43. The van der Waals surface area contributed by atoms with E-state index in [9.17, 15) is 19.5 Å². The first-order chi connectivity index (χ1) is 13.4. The Hall–Kier alpha value is -3.12. The maximum absolute atomic E-state index is 13.1. The Bertz CT molecular complexity index is 937. The van der Waals surface area contributed by atoms with Crippen molar-refractivity contribution in [3.05, 3.63) is 82.1 Å². The molecule has 0 aliphatic carbocycles. The second-order valence-electron chi connectivity index (χ2n) is 6.41. The van der Waals surface area contributed by atoms with Gasteiger partial charge in [0.15, 0.2) is 11.5 Å². The number of nitrogens with zero attached hydrogens (tertiary/aromatic N) is 1. The largest absolute Gasteiger partial charge is 0.503 e. The minimum atomic E-state index is -0.974. The minimum absolute atomic E-state index is 0.0196.